The molecule has 8 fully saturated rings. The van der Waals surface area contributed by atoms with Gasteiger partial charge in [0.25, 0.3) is 0 Å². The van der Waals surface area contributed by atoms with Gasteiger partial charge in [-0.2, -0.15) is 0 Å². The summed E-state index contributed by atoms with van der Waals surface area (Å²) in [5.74, 6) is 4.30. The quantitative estimate of drug-likeness (QED) is 0.0464. The molecule has 5 heterocycles. The van der Waals surface area contributed by atoms with Crippen LogP contribution in [0.15, 0.2) is 279 Å². The molecule has 5 saturated heterocycles. The maximum atomic E-state index is 11.3. The van der Waals surface area contributed by atoms with E-state index in [2.05, 4.69) is 166 Å². The number of amides is 1. The number of carbonyl (C=O) groups is 2. The molecule has 2 atom stereocenters. The number of morpholine rings is 3. The van der Waals surface area contributed by atoms with E-state index in [1.807, 2.05) is 171 Å². The van der Waals surface area contributed by atoms with E-state index in [1.54, 1.807) is 12.1 Å². The summed E-state index contributed by atoms with van der Waals surface area (Å²) in [5, 5.41) is 27.6. The first-order valence-corrected chi connectivity index (χ1v) is 46.5. The van der Waals surface area contributed by atoms with E-state index < -0.39 is 5.97 Å². The summed E-state index contributed by atoms with van der Waals surface area (Å²) in [6.45, 7) is 14.0. The molecule has 6 N–H and O–H groups in total. The van der Waals surface area contributed by atoms with Gasteiger partial charge >= 0.3 is 5.97 Å². The van der Waals surface area contributed by atoms with Crippen molar-refractivity contribution in [2.45, 2.75) is 152 Å². The Morgan fingerprint density at radius 2 is 0.798 bits per heavy atom. The van der Waals surface area contributed by atoms with E-state index in [4.69, 9.17) is 44.0 Å². The first kappa shape index (κ1) is 95.9. The largest absolute Gasteiger partial charge is 0.478 e. The average molecular weight is 1750 g/mol. The van der Waals surface area contributed by atoms with Gasteiger partial charge in [-0.1, -0.05) is 228 Å². The lowest BCUT2D eigenvalue weighted by molar-refractivity contribution is -0.117. The van der Waals surface area contributed by atoms with Crippen LogP contribution in [0.3, 0.4) is 0 Å². The molecule has 2 unspecified atom stereocenters. The zero-order chi connectivity index (χ0) is 90.0. The number of ether oxygens (including phenoxy) is 4. The van der Waals surface area contributed by atoms with Crippen LogP contribution in [0.2, 0.25) is 0 Å². The highest BCUT2D eigenvalue weighted by Crippen LogP contribution is 2.44. The van der Waals surface area contributed by atoms with Crippen molar-refractivity contribution in [1.29, 1.82) is 0 Å². The highest BCUT2D eigenvalue weighted by molar-refractivity contribution is 6.05. The average Bonchev–Trinajstić information content (AvgIpc) is 1.61. The maximum absolute atomic E-state index is 11.3. The molecule has 684 valence electrons. The predicted molar refractivity (Wildman–Crippen MR) is 527 cm³/mol. The van der Waals surface area contributed by atoms with Gasteiger partial charge in [0.2, 0.25) is 29.7 Å². The molecule has 5 aliphatic heterocycles. The normalized spacial score (nSPS) is 18.2. The Balaban J connectivity index is 0.000000141. The molecule has 0 aromatic heterocycles. The second kappa shape index (κ2) is 52.3. The molecule has 0 spiro atoms. The molecule has 1 amide bonds. The van der Waals surface area contributed by atoms with E-state index in [0.717, 1.165) is 164 Å². The van der Waals surface area contributed by atoms with Crippen LogP contribution in [-0.2, 0) is 23.7 Å². The molecule has 0 bridgehead atoms. The van der Waals surface area contributed by atoms with Crippen LogP contribution < -0.4 is 26.6 Å². The number of benzene rings is 9. The van der Waals surface area contributed by atoms with Gasteiger partial charge in [0.15, 0.2) is 11.9 Å². The van der Waals surface area contributed by atoms with Gasteiger partial charge in [-0.3, -0.25) is 10.1 Å². The molecule has 129 heavy (non-hydrogen) atoms. The summed E-state index contributed by atoms with van der Waals surface area (Å²) < 4.78 is 21.9. The third-order valence-electron chi connectivity index (χ3n) is 23.7. The van der Waals surface area contributed by atoms with Gasteiger partial charge in [0.05, 0.1) is 92.5 Å². The highest BCUT2D eigenvalue weighted by atomic mass is 16.5. The van der Waals surface area contributed by atoms with E-state index in [-0.39, 0.29) is 23.6 Å². The number of guanidine groups is 6. The summed E-state index contributed by atoms with van der Waals surface area (Å²) in [7, 11) is 12.3. The molecule has 0 radical (unpaired) electrons. The number of likely N-dealkylation sites (N-methyl/N-ethyl adjacent to an activating group) is 2. The third-order valence-corrected chi connectivity index (χ3v) is 23.7. The summed E-state index contributed by atoms with van der Waals surface area (Å²) >= 11 is 0. The number of aliphatic imine (C=N–C) groups is 6. The summed E-state index contributed by atoms with van der Waals surface area (Å²) in [6.07, 6.45) is 21.4. The zero-order valence-electron chi connectivity index (χ0n) is 76.8. The second-order valence-corrected chi connectivity index (χ2v) is 33.9. The monoisotopic (exact) mass is 1750 g/mol. The number of nitrogens with one attached hydrogen (secondary N) is 5. The van der Waals surface area contributed by atoms with Crippen molar-refractivity contribution in [3.05, 3.63) is 265 Å². The van der Waals surface area contributed by atoms with E-state index >= 15 is 0 Å². The van der Waals surface area contributed by atoms with Crippen molar-refractivity contribution in [2.24, 2.45) is 30.0 Å². The molecule has 3 aliphatic carbocycles. The van der Waals surface area contributed by atoms with Gasteiger partial charge < -0.3 is 79.6 Å². The van der Waals surface area contributed by atoms with Gasteiger partial charge in [-0.05, 0) is 147 Å². The van der Waals surface area contributed by atoms with E-state index in [0.29, 0.717) is 41.8 Å². The SMILES string of the molecule is C1CCC(N=C(N2CCOCC2)N2CCOCC2)CC1.C1CCC(NC(=NC2CCOCC2)N2CCOCC2)CC1.CC(=O)NC(=NC1CCCCC1)Nc1ccccc1.CN(C)C(=Nc1cccc2ccccc12)N(C)C.CN1C(=Nc2ccccc2)N(C)C(c2ccccc2)C1c1ccccc1.O=C(O)c1ccc(N=C(Nc2ccccc2)Nc2ccccc2)cc1. The molecule has 3 saturated carbocycles. The number of anilines is 3. The Bertz CT molecular complexity index is 4820. The van der Waals surface area contributed by atoms with Crippen molar-refractivity contribution in [3.8, 4) is 0 Å². The standard InChI is InChI=1S/C23H23N3.C20H17N3O2.C16H29N3O2.C15H27N3O2.C15H21N3O.C15H19N3/c1-25-21(18-12-6-3-7-13-18)22(19-14-8-4-9-15-19)26(2)23(25)24-20-16-10-5-11-17-20;24-19(25)15-11-13-18(14-12-15)23-20(21-16-7-3-1-4-8-16)22-17-9-5-2-6-10-17;1-2-4-14(5-3-1)17-16(19-8-12-21-13-9-19)18-15-6-10-20-11-7-15;1-2-4-14(5-3-1)16-15(17-6-10-19-11-7-17)18-8-12-20-13-9-18;1-12(19)16-15(17-13-8-4-2-5-9-13)18-14-10-6-3-7-11-14;1-17(2)15(18(3)4)16-14-11-7-9-12-8-5-6-10-13(12)14/h3-17,21-22H,1-2H3;1-14H,(H,24,25)(H2,21,22,23);14-15H,1-13H2,(H,17,18);14H,1-13H2;2,4-5,8-9,14H,3,6-7,10-11H2,1H3,(H2,16,17,18,19);5-11H,1-4H3. The Morgan fingerprint density at radius 3 is 1.26 bits per heavy atom. The molecule has 25 nitrogen and oxygen atoms in total. The van der Waals surface area contributed by atoms with Gasteiger partial charge in [-0.15, -0.1) is 0 Å². The van der Waals surface area contributed by atoms with Crippen LogP contribution in [0.4, 0.5) is 34.1 Å². The first-order valence-electron chi connectivity index (χ1n) is 46.5. The Hall–Kier alpha value is -12.2. The van der Waals surface area contributed by atoms with Crippen LogP contribution in [0.5, 0.6) is 0 Å². The number of para-hydroxylation sites is 4. The van der Waals surface area contributed by atoms with Crippen molar-refractivity contribution >= 4 is 92.5 Å². The molecule has 25 heteroatoms. The fourth-order valence-corrected chi connectivity index (χ4v) is 17.0. The smallest absolute Gasteiger partial charge is 0.335 e. The number of hydrogen-bond acceptors (Lipinski definition) is 12. The predicted octanol–water partition coefficient (Wildman–Crippen LogP) is 18.6. The van der Waals surface area contributed by atoms with Crippen LogP contribution in [0.1, 0.15) is 150 Å². The first-order chi connectivity index (χ1) is 63.1. The minimum atomic E-state index is -0.958. The van der Waals surface area contributed by atoms with Crippen molar-refractivity contribution in [1.82, 2.24) is 44.9 Å². The van der Waals surface area contributed by atoms with E-state index in [9.17, 15) is 9.59 Å². The molecular weight excluding hydrogens is 1610 g/mol. The summed E-state index contributed by atoms with van der Waals surface area (Å²) in [4.78, 5) is 67.1. The number of carboxylic acids is 1. The molecule has 9 aromatic carbocycles. The Morgan fingerprint density at radius 1 is 0.395 bits per heavy atom. The number of rotatable bonds is 13. The third kappa shape index (κ3) is 31.3. The van der Waals surface area contributed by atoms with Crippen LogP contribution >= 0.6 is 0 Å². The second-order valence-electron chi connectivity index (χ2n) is 33.9. The van der Waals surface area contributed by atoms with Gasteiger partial charge in [0, 0.05) is 130 Å². The number of hydrogen-bond donors (Lipinski definition) is 6. The summed E-state index contributed by atoms with van der Waals surface area (Å²) in [6, 6.07) is 84.0. The Kier molecular flexibility index (Phi) is 38.9. The summed E-state index contributed by atoms with van der Waals surface area (Å²) in [5.41, 5.74) is 8.18. The van der Waals surface area contributed by atoms with Crippen LogP contribution in [0, 0.1) is 0 Å². The fourth-order valence-electron chi connectivity index (χ4n) is 17.0. The van der Waals surface area contributed by atoms with Gasteiger partial charge in [-0.25, -0.2) is 34.7 Å². The van der Waals surface area contributed by atoms with Crippen molar-refractivity contribution in [2.75, 3.05) is 150 Å². The number of carboxylic acid groups (broad SMARTS) is 1. The number of nitrogens with zero attached hydrogens (tertiary/aromatic N) is 13. The minimum Gasteiger partial charge on any atom is -0.478 e. The zero-order valence-corrected chi connectivity index (χ0v) is 76.8. The topological polar surface area (TPSA) is 248 Å². The van der Waals surface area contributed by atoms with Gasteiger partial charge in [0.1, 0.15) is 0 Å². The molecular formula is C104H136N18O7. The molecule has 8 aliphatic rings. The molecule has 17 rings (SSSR count). The number of aromatic carboxylic acids is 1. The highest BCUT2D eigenvalue weighted by Gasteiger charge is 2.42. The maximum Gasteiger partial charge on any atom is 0.335 e. The number of carbonyl (C=O) groups excluding carboxylic acids is 1. The van der Waals surface area contributed by atoms with Crippen LogP contribution in [0.25, 0.3) is 10.8 Å². The lowest BCUT2D eigenvalue weighted by Gasteiger charge is -2.39. The Labute approximate surface area is 764 Å². The lowest BCUT2D eigenvalue weighted by atomic mass is 9.93. The minimum absolute atomic E-state index is 0.0991. The van der Waals surface area contributed by atoms with Crippen LogP contribution in [-0.4, -0.2) is 246 Å². The van der Waals surface area contributed by atoms with Crippen molar-refractivity contribution in [3.63, 3.8) is 0 Å². The van der Waals surface area contributed by atoms with E-state index in [1.165, 1.54) is 130 Å². The lowest BCUT2D eigenvalue weighted by Crippen LogP contribution is -2.52. The fraction of sp³-hybridized carbons (Fsp3) is 0.423. The van der Waals surface area contributed by atoms with Crippen molar-refractivity contribution < 1.29 is 33.6 Å². The number of fused-ring (bicyclic) bond motifs is 1. The molecule has 9 aromatic rings.